The molecule has 1 unspecified atom stereocenters. The predicted molar refractivity (Wildman–Crippen MR) is 111 cm³/mol. The number of hydrogen-bond donors (Lipinski definition) is 2. The molecule has 0 aliphatic heterocycles. The SMILES string of the molecule is COc1c(-c2cc3c(s2)C(O)CCC3)c(F)cc2c(=O)c(C(=O)O)cn(C3CC3)c12. The van der Waals surface area contributed by atoms with Gasteiger partial charge in [0.1, 0.15) is 11.4 Å². The first-order valence-electron chi connectivity index (χ1n) is 9.90. The van der Waals surface area contributed by atoms with Gasteiger partial charge in [0.25, 0.3) is 0 Å². The number of methoxy groups -OCH3 is 1. The molecule has 1 atom stereocenters. The van der Waals surface area contributed by atoms with Crippen molar-refractivity contribution in [1.82, 2.24) is 4.57 Å². The van der Waals surface area contributed by atoms with Gasteiger partial charge in [-0.15, -0.1) is 11.3 Å². The number of aromatic nitrogens is 1. The third-order valence-corrected chi connectivity index (χ3v) is 7.21. The second kappa shape index (κ2) is 6.92. The van der Waals surface area contributed by atoms with Gasteiger partial charge in [-0.05, 0) is 49.8 Å². The number of nitrogens with zero attached hydrogens (tertiary/aromatic N) is 1. The van der Waals surface area contributed by atoms with Gasteiger partial charge in [0.2, 0.25) is 5.43 Å². The number of rotatable bonds is 4. The minimum absolute atomic E-state index is 0.00116. The lowest BCUT2D eigenvalue weighted by Crippen LogP contribution is -2.19. The Kier molecular flexibility index (Phi) is 4.44. The van der Waals surface area contributed by atoms with E-state index < -0.39 is 23.3 Å². The maximum absolute atomic E-state index is 15.3. The van der Waals surface area contributed by atoms with Gasteiger partial charge in [0, 0.05) is 22.0 Å². The number of aliphatic hydroxyl groups is 1. The topological polar surface area (TPSA) is 88.8 Å². The van der Waals surface area contributed by atoms with Gasteiger partial charge >= 0.3 is 5.97 Å². The lowest BCUT2D eigenvalue weighted by Gasteiger charge is -2.17. The fourth-order valence-corrected chi connectivity index (χ4v) is 5.61. The zero-order chi connectivity index (χ0) is 21.2. The van der Waals surface area contributed by atoms with Gasteiger partial charge in [-0.25, -0.2) is 9.18 Å². The van der Waals surface area contributed by atoms with E-state index in [9.17, 15) is 19.8 Å². The van der Waals surface area contributed by atoms with E-state index in [0.717, 1.165) is 42.2 Å². The third-order valence-electron chi connectivity index (χ3n) is 5.91. The van der Waals surface area contributed by atoms with E-state index in [2.05, 4.69) is 0 Å². The Balaban J connectivity index is 1.84. The first-order valence-corrected chi connectivity index (χ1v) is 10.7. The summed E-state index contributed by atoms with van der Waals surface area (Å²) in [4.78, 5) is 25.8. The van der Waals surface area contributed by atoms with Crippen LogP contribution >= 0.6 is 11.3 Å². The summed E-state index contributed by atoms with van der Waals surface area (Å²) in [5.74, 6) is -1.76. The predicted octanol–water partition coefficient (Wildman–Crippen LogP) is 4.28. The van der Waals surface area contributed by atoms with Gasteiger partial charge in [0.15, 0.2) is 5.75 Å². The molecule has 0 radical (unpaired) electrons. The molecule has 0 spiro atoms. The second-order valence-electron chi connectivity index (χ2n) is 7.89. The maximum Gasteiger partial charge on any atom is 0.341 e. The van der Waals surface area contributed by atoms with Crippen molar-refractivity contribution < 1.29 is 24.1 Å². The van der Waals surface area contributed by atoms with E-state index in [4.69, 9.17) is 4.74 Å². The van der Waals surface area contributed by atoms with Crippen molar-refractivity contribution in [3.63, 3.8) is 0 Å². The molecule has 2 aromatic heterocycles. The van der Waals surface area contributed by atoms with Crippen molar-refractivity contribution in [3.8, 4) is 16.2 Å². The summed E-state index contributed by atoms with van der Waals surface area (Å²) < 4.78 is 22.7. The number of pyridine rings is 1. The van der Waals surface area contributed by atoms with Crippen LogP contribution in [0.1, 0.15) is 58.6 Å². The summed E-state index contributed by atoms with van der Waals surface area (Å²) in [6.45, 7) is 0. The molecule has 156 valence electrons. The Morgan fingerprint density at radius 2 is 2.07 bits per heavy atom. The fraction of sp³-hybridized carbons (Fsp3) is 0.364. The Morgan fingerprint density at radius 3 is 2.70 bits per heavy atom. The number of halogens is 1. The lowest BCUT2D eigenvalue weighted by molar-refractivity contribution is 0.0694. The molecule has 1 fully saturated rings. The largest absolute Gasteiger partial charge is 0.494 e. The van der Waals surface area contributed by atoms with Crippen molar-refractivity contribution in [2.45, 2.75) is 44.2 Å². The van der Waals surface area contributed by atoms with Crippen LogP contribution in [0, 0.1) is 5.82 Å². The van der Waals surface area contributed by atoms with Gasteiger partial charge in [0.05, 0.1) is 29.7 Å². The molecule has 1 aromatic carbocycles. The number of carbonyl (C=O) groups is 1. The summed E-state index contributed by atoms with van der Waals surface area (Å²) in [6.07, 6.45) is 4.89. The van der Waals surface area contributed by atoms with Crippen LogP contribution in [0.2, 0.25) is 0 Å². The molecule has 1 saturated carbocycles. The zero-order valence-electron chi connectivity index (χ0n) is 16.3. The fourth-order valence-electron chi connectivity index (χ4n) is 4.33. The monoisotopic (exact) mass is 429 g/mol. The van der Waals surface area contributed by atoms with E-state index in [-0.39, 0.29) is 28.3 Å². The molecule has 2 heterocycles. The highest BCUT2D eigenvalue weighted by atomic mass is 32.1. The number of benzene rings is 1. The van der Waals surface area contributed by atoms with E-state index in [1.807, 2.05) is 6.07 Å². The van der Waals surface area contributed by atoms with Crippen LogP contribution < -0.4 is 10.2 Å². The molecular weight excluding hydrogens is 409 g/mol. The van der Waals surface area contributed by atoms with Gasteiger partial charge < -0.3 is 19.5 Å². The lowest BCUT2D eigenvalue weighted by atomic mass is 9.96. The van der Waals surface area contributed by atoms with E-state index >= 15 is 4.39 Å². The highest BCUT2D eigenvalue weighted by molar-refractivity contribution is 7.15. The van der Waals surface area contributed by atoms with E-state index in [1.165, 1.54) is 24.6 Å². The number of aliphatic hydroxyl groups excluding tert-OH is 1. The van der Waals surface area contributed by atoms with Crippen LogP contribution in [0.4, 0.5) is 4.39 Å². The van der Waals surface area contributed by atoms with Crippen LogP contribution in [0.15, 0.2) is 23.1 Å². The maximum atomic E-state index is 15.3. The molecule has 30 heavy (non-hydrogen) atoms. The standard InChI is InChI=1S/C22H20FNO5S/c1-29-20-17(16-7-10-3-2-4-15(25)21(10)30-16)14(23)8-12-18(20)24(11-5-6-11)9-13(19(12)26)22(27)28/h7-9,11,15,25H,2-6H2,1H3,(H,27,28). The number of thiophene rings is 1. The van der Waals surface area contributed by atoms with E-state index in [1.54, 1.807) is 4.57 Å². The van der Waals surface area contributed by atoms with Crippen molar-refractivity contribution in [3.05, 3.63) is 50.4 Å². The van der Waals surface area contributed by atoms with Crippen molar-refractivity contribution in [2.75, 3.05) is 7.11 Å². The molecule has 0 bridgehead atoms. The molecule has 2 aliphatic carbocycles. The van der Waals surface area contributed by atoms with Crippen molar-refractivity contribution in [1.29, 1.82) is 0 Å². The molecule has 3 aromatic rings. The summed E-state index contributed by atoms with van der Waals surface area (Å²) in [7, 11) is 1.42. The Hall–Kier alpha value is -2.71. The second-order valence-corrected chi connectivity index (χ2v) is 8.97. The Morgan fingerprint density at radius 1 is 1.30 bits per heavy atom. The summed E-state index contributed by atoms with van der Waals surface area (Å²) >= 11 is 1.34. The van der Waals surface area contributed by atoms with Crippen molar-refractivity contribution in [2.24, 2.45) is 0 Å². The highest BCUT2D eigenvalue weighted by Crippen LogP contribution is 2.47. The number of ether oxygens (including phenoxy) is 1. The third kappa shape index (κ3) is 2.86. The van der Waals surface area contributed by atoms with Gasteiger partial charge in [-0.2, -0.15) is 0 Å². The van der Waals surface area contributed by atoms with Crippen molar-refractivity contribution >= 4 is 28.2 Å². The normalized spacial score (nSPS) is 18.4. The quantitative estimate of drug-likeness (QED) is 0.646. The number of carboxylic acid groups (broad SMARTS) is 1. The van der Waals surface area contributed by atoms with Gasteiger partial charge in [-0.3, -0.25) is 4.79 Å². The number of hydrogen-bond acceptors (Lipinski definition) is 5. The number of aromatic carboxylic acids is 1. The average molecular weight is 429 g/mol. The molecule has 8 heteroatoms. The Bertz CT molecular complexity index is 1260. The number of carboxylic acids is 1. The summed E-state index contributed by atoms with van der Waals surface area (Å²) in [6, 6.07) is 3.06. The zero-order valence-corrected chi connectivity index (χ0v) is 17.1. The Labute approximate surface area is 175 Å². The summed E-state index contributed by atoms with van der Waals surface area (Å²) in [5, 5.41) is 19.8. The molecule has 6 nitrogen and oxygen atoms in total. The van der Waals surface area contributed by atoms with Crippen LogP contribution in [0.3, 0.4) is 0 Å². The molecule has 2 aliphatic rings. The minimum Gasteiger partial charge on any atom is -0.494 e. The first-order chi connectivity index (χ1) is 14.4. The average Bonchev–Trinajstić information content (AvgIpc) is 3.46. The molecular formula is C22H20FNO5S. The summed E-state index contributed by atoms with van der Waals surface area (Å²) in [5.41, 5.74) is 0.570. The highest BCUT2D eigenvalue weighted by Gasteiger charge is 2.31. The number of fused-ring (bicyclic) bond motifs is 2. The van der Waals surface area contributed by atoms with Crippen LogP contribution in [-0.4, -0.2) is 27.9 Å². The molecule has 2 N–H and O–H groups in total. The minimum atomic E-state index is -1.33. The first kappa shape index (κ1) is 19.3. The smallest absolute Gasteiger partial charge is 0.341 e. The number of aryl methyl sites for hydroxylation is 1. The van der Waals surface area contributed by atoms with E-state index in [0.29, 0.717) is 16.8 Å². The van der Waals surface area contributed by atoms with Crippen LogP contribution in [0.5, 0.6) is 5.75 Å². The molecule has 0 saturated heterocycles. The van der Waals surface area contributed by atoms with Crippen LogP contribution in [-0.2, 0) is 6.42 Å². The molecule has 5 rings (SSSR count). The molecule has 0 amide bonds. The van der Waals surface area contributed by atoms with Gasteiger partial charge in [-0.1, -0.05) is 0 Å². The van der Waals surface area contributed by atoms with Crippen LogP contribution in [0.25, 0.3) is 21.3 Å².